The van der Waals surface area contributed by atoms with E-state index in [0.717, 1.165) is 17.2 Å². The van der Waals surface area contributed by atoms with Crippen LogP contribution in [0.1, 0.15) is 21.5 Å². The number of isocyanates is 1. The highest BCUT2D eigenvalue weighted by Gasteiger charge is 2.06. The topological polar surface area (TPSA) is 78.2 Å². The molecule has 0 atom stereocenters. The van der Waals surface area contributed by atoms with Crippen molar-refractivity contribution in [3.8, 4) is 0 Å². The molecular formula is C10H11NO3. The Labute approximate surface area is 81.7 Å². The molecule has 0 saturated heterocycles. The number of carbonyl (C=O) groups excluding carboxylic acids is 1. The Morgan fingerprint density at radius 2 is 1.93 bits per heavy atom. The van der Waals surface area contributed by atoms with Crippen LogP contribution >= 0.6 is 0 Å². The van der Waals surface area contributed by atoms with E-state index in [2.05, 4.69) is 0 Å². The Balaban J connectivity index is 0.000000500. The van der Waals surface area contributed by atoms with Gasteiger partial charge in [0.25, 0.3) is 0 Å². The average molecular weight is 193 g/mol. The molecular weight excluding hydrogens is 182 g/mol. The molecule has 1 aromatic rings. The highest BCUT2D eigenvalue weighted by Crippen LogP contribution is 2.11. The number of benzene rings is 1. The van der Waals surface area contributed by atoms with Crippen LogP contribution in [0.2, 0.25) is 0 Å². The summed E-state index contributed by atoms with van der Waals surface area (Å²) in [6.45, 7) is 3.72. The van der Waals surface area contributed by atoms with Crippen LogP contribution in [0.5, 0.6) is 0 Å². The SMILES string of the molecule is Cc1cccc(C(=O)O)c1C.N=C=O. The molecule has 0 bridgehead atoms. The molecule has 74 valence electrons. The molecule has 0 heterocycles. The summed E-state index contributed by atoms with van der Waals surface area (Å²) in [5.74, 6) is -0.855. The van der Waals surface area contributed by atoms with Crippen LogP contribution in [0.4, 0.5) is 0 Å². The van der Waals surface area contributed by atoms with Gasteiger partial charge in [-0.3, -0.25) is 0 Å². The second kappa shape index (κ2) is 5.67. The van der Waals surface area contributed by atoms with Crippen molar-refractivity contribution in [1.29, 1.82) is 5.41 Å². The molecule has 0 radical (unpaired) electrons. The van der Waals surface area contributed by atoms with Gasteiger partial charge in [0, 0.05) is 0 Å². The van der Waals surface area contributed by atoms with Crippen LogP contribution in [0.25, 0.3) is 0 Å². The van der Waals surface area contributed by atoms with Gasteiger partial charge in [0.2, 0.25) is 6.08 Å². The van der Waals surface area contributed by atoms with Crippen LogP contribution in [-0.4, -0.2) is 17.2 Å². The summed E-state index contributed by atoms with van der Waals surface area (Å²) >= 11 is 0. The minimum absolute atomic E-state index is 0.394. The number of nitrogens with one attached hydrogen (secondary N) is 1. The third kappa shape index (κ3) is 3.21. The molecule has 1 aromatic carbocycles. The molecule has 0 saturated carbocycles. The van der Waals surface area contributed by atoms with Gasteiger partial charge in [0.05, 0.1) is 5.56 Å². The number of hydrogen-bond donors (Lipinski definition) is 2. The van der Waals surface area contributed by atoms with Gasteiger partial charge in [0.1, 0.15) is 0 Å². The van der Waals surface area contributed by atoms with E-state index in [1.54, 1.807) is 12.1 Å². The van der Waals surface area contributed by atoms with Crippen LogP contribution in [0, 0.1) is 19.3 Å². The standard InChI is InChI=1S/C9H10O2.CHNO/c1-6-4-3-5-8(7(6)2)9(10)11;2-1-3/h3-5H,1-2H3,(H,10,11);2H. The first-order valence-corrected chi connectivity index (χ1v) is 3.88. The smallest absolute Gasteiger partial charge is 0.335 e. The van der Waals surface area contributed by atoms with Crippen molar-refractivity contribution in [2.45, 2.75) is 13.8 Å². The van der Waals surface area contributed by atoms with Crippen LogP contribution in [-0.2, 0) is 4.79 Å². The van der Waals surface area contributed by atoms with E-state index >= 15 is 0 Å². The fourth-order valence-electron chi connectivity index (χ4n) is 0.983. The average Bonchev–Trinajstić information content (AvgIpc) is 2.10. The fourth-order valence-corrected chi connectivity index (χ4v) is 0.983. The summed E-state index contributed by atoms with van der Waals surface area (Å²) in [4.78, 5) is 18.9. The van der Waals surface area contributed by atoms with E-state index in [0.29, 0.717) is 5.56 Å². The molecule has 4 nitrogen and oxygen atoms in total. The first-order chi connectivity index (χ1) is 6.54. The number of carbonyl (C=O) groups is 1. The minimum atomic E-state index is -0.855. The molecule has 14 heavy (non-hydrogen) atoms. The molecule has 4 heteroatoms. The molecule has 0 fully saturated rings. The number of aryl methyl sites for hydroxylation is 1. The Morgan fingerprint density at radius 1 is 1.43 bits per heavy atom. The van der Waals surface area contributed by atoms with Gasteiger partial charge in [-0.25, -0.2) is 15.0 Å². The maximum Gasteiger partial charge on any atom is 0.335 e. The van der Waals surface area contributed by atoms with Crippen molar-refractivity contribution >= 4 is 12.0 Å². The lowest BCUT2D eigenvalue weighted by Gasteiger charge is -2.02. The third-order valence-electron chi connectivity index (χ3n) is 1.84. The highest BCUT2D eigenvalue weighted by molar-refractivity contribution is 5.89. The van der Waals surface area contributed by atoms with E-state index in [9.17, 15) is 4.79 Å². The van der Waals surface area contributed by atoms with Crippen molar-refractivity contribution in [3.63, 3.8) is 0 Å². The molecule has 2 N–H and O–H groups in total. The summed E-state index contributed by atoms with van der Waals surface area (Å²) in [5.41, 5.74) is 2.26. The van der Waals surface area contributed by atoms with Gasteiger partial charge in [-0.1, -0.05) is 12.1 Å². The van der Waals surface area contributed by atoms with E-state index in [1.807, 2.05) is 19.9 Å². The number of aromatic carboxylic acids is 1. The van der Waals surface area contributed by atoms with Crippen molar-refractivity contribution in [2.75, 3.05) is 0 Å². The van der Waals surface area contributed by atoms with Gasteiger partial charge in [-0.2, -0.15) is 0 Å². The molecule has 0 amide bonds. The summed E-state index contributed by atoms with van der Waals surface area (Å²) in [6, 6.07) is 5.28. The van der Waals surface area contributed by atoms with E-state index in [1.165, 1.54) is 0 Å². The van der Waals surface area contributed by atoms with Crippen LogP contribution < -0.4 is 0 Å². The van der Waals surface area contributed by atoms with Crippen molar-refractivity contribution < 1.29 is 14.7 Å². The largest absolute Gasteiger partial charge is 0.478 e. The molecule has 0 unspecified atom stereocenters. The van der Waals surface area contributed by atoms with Crippen molar-refractivity contribution in [3.05, 3.63) is 34.9 Å². The van der Waals surface area contributed by atoms with E-state index in [4.69, 9.17) is 15.3 Å². The molecule has 0 aliphatic rings. The zero-order valence-corrected chi connectivity index (χ0v) is 8.00. The highest BCUT2D eigenvalue weighted by atomic mass is 16.4. The molecule has 0 spiro atoms. The molecule has 0 aromatic heterocycles. The van der Waals surface area contributed by atoms with Crippen LogP contribution in [0.3, 0.4) is 0 Å². The van der Waals surface area contributed by atoms with Gasteiger partial charge >= 0.3 is 5.97 Å². The predicted octanol–water partition coefficient (Wildman–Crippen LogP) is 1.90. The lowest BCUT2D eigenvalue weighted by molar-refractivity contribution is 0.0696. The monoisotopic (exact) mass is 193 g/mol. The molecule has 1 rings (SSSR count). The van der Waals surface area contributed by atoms with E-state index in [-0.39, 0.29) is 0 Å². The number of rotatable bonds is 1. The summed E-state index contributed by atoms with van der Waals surface area (Å²) in [5, 5.41) is 14.1. The maximum atomic E-state index is 10.6. The maximum absolute atomic E-state index is 10.6. The Morgan fingerprint density at radius 3 is 2.29 bits per heavy atom. The summed E-state index contributed by atoms with van der Waals surface area (Å²) in [7, 11) is 0. The number of hydrogen-bond acceptors (Lipinski definition) is 3. The lowest BCUT2D eigenvalue weighted by atomic mass is 10.0. The minimum Gasteiger partial charge on any atom is -0.478 e. The van der Waals surface area contributed by atoms with Crippen molar-refractivity contribution in [2.24, 2.45) is 0 Å². The first kappa shape index (κ1) is 12.1. The Kier molecular flexibility index (Phi) is 4.89. The second-order valence-corrected chi connectivity index (χ2v) is 2.65. The van der Waals surface area contributed by atoms with Gasteiger partial charge in [-0.15, -0.1) is 0 Å². The second-order valence-electron chi connectivity index (χ2n) is 2.65. The van der Waals surface area contributed by atoms with Gasteiger partial charge in [0.15, 0.2) is 0 Å². The number of carboxylic acid groups (broad SMARTS) is 1. The predicted molar refractivity (Wildman–Crippen MR) is 51.3 cm³/mol. The Hall–Kier alpha value is -1.93. The first-order valence-electron chi connectivity index (χ1n) is 3.88. The summed E-state index contributed by atoms with van der Waals surface area (Å²) in [6.07, 6.45) is 0.750. The molecule has 0 aliphatic carbocycles. The summed E-state index contributed by atoms with van der Waals surface area (Å²) < 4.78 is 0. The zero-order chi connectivity index (χ0) is 11.1. The zero-order valence-electron chi connectivity index (χ0n) is 8.00. The lowest BCUT2D eigenvalue weighted by Crippen LogP contribution is -2.00. The van der Waals surface area contributed by atoms with Crippen LogP contribution in [0.15, 0.2) is 18.2 Å². The van der Waals surface area contributed by atoms with E-state index < -0.39 is 5.97 Å². The third-order valence-corrected chi connectivity index (χ3v) is 1.84. The van der Waals surface area contributed by atoms with Crippen molar-refractivity contribution in [1.82, 2.24) is 0 Å². The quantitative estimate of drug-likeness (QED) is 0.528. The number of carboxylic acids is 1. The Bertz CT molecular complexity index is 366. The molecule has 0 aliphatic heterocycles. The van der Waals surface area contributed by atoms with Gasteiger partial charge < -0.3 is 5.11 Å². The normalized spacial score (nSPS) is 8.14. The fraction of sp³-hybridized carbons (Fsp3) is 0.200. The van der Waals surface area contributed by atoms with Gasteiger partial charge in [-0.05, 0) is 31.0 Å².